The van der Waals surface area contributed by atoms with Crippen molar-refractivity contribution in [3.63, 3.8) is 0 Å². The van der Waals surface area contributed by atoms with Gasteiger partial charge in [0.1, 0.15) is 11.7 Å². The topological polar surface area (TPSA) is 111 Å². The van der Waals surface area contributed by atoms with Gasteiger partial charge in [0.05, 0.1) is 16.0 Å². The van der Waals surface area contributed by atoms with Crippen LogP contribution < -0.4 is 10.5 Å². The Bertz CT molecular complexity index is 510. The summed E-state index contributed by atoms with van der Waals surface area (Å²) >= 11 is 2.86. The monoisotopic (exact) mass is 335 g/mol. The second-order valence-corrected chi connectivity index (χ2v) is 4.39. The fourth-order valence-corrected chi connectivity index (χ4v) is 1.59. The molecule has 0 aliphatic carbocycles. The molecular weight excluding hydrogens is 325 g/mol. The molecule has 0 unspecified atom stereocenters. The molecule has 7 nitrogen and oxygen atoms in total. The van der Waals surface area contributed by atoms with E-state index in [2.05, 4.69) is 21.1 Å². The Labute approximate surface area is 116 Å². The zero-order chi connectivity index (χ0) is 14.4. The molecule has 1 rings (SSSR count). The van der Waals surface area contributed by atoms with Crippen LogP contribution in [0.25, 0.3) is 0 Å². The molecule has 0 saturated carbocycles. The van der Waals surface area contributed by atoms with E-state index in [0.717, 1.165) is 12.1 Å². The van der Waals surface area contributed by atoms with Crippen LogP contribution >= 0.6 is 15.9 Å². The van der Waals surface area contributed by atoms with Gasteiger partial charge >= 0.3 is 5.69 Å². The summed E-state index contributed by atoms with van der Waals surface area (Å²) in [5.74, 6) is -0.790. The van der Waals surface area contributed by atoms with E-state index in [1.54, 1.807) is 0 Å². The number of oxime groups is 1. The molecule has 0 amide bonds. The van der Waals surface area contributed by atoms with Crippen LogP contribution in [0.1, 0.15) is 12.8 Å². The summed E-state index contributed by atoms with van der Waals surface area (Å²) in [6, 6.07) is 1.97. The molecule has 0 bridgehead atoms. The molecule has 0 fully saturated rings. The first-order chi connectivity index (χ1) is 8.95. The van der Waals surface area contributed by atoms with Crippen molar-refractivity contribution in [2.24, 2.45) is 10.9 Å². The van der Waals surface area contributed by atoms with Crippen molar-refractivity contribution in [3.05, 3.63) is 32.5 Å². The summed E-state index contributed by atoms with van der Waals surface area (Å²) < 4.78 is 18.4. The van der Waals surface area contributed by atoms with Gasteiger partial charge in [0, 0.05) is 18.6 Å². The maximum absolute atomic E-state index is 13.3. The number of amidine groups is 1. The van der Waals surface area contributed by atoms with Crippen molar-refractivity contribution in [2.45, 2.75) is 12.8 Å². The van der Waals surface area contributed by atoms with Crippen LogP contribution in [0.2, 0.25) is 0 Å². The smallest absolute Gasteiger partial charge is 0.312 e. The zero-order valence-electron chi connectivity index (χ0n) is 9.68. The lowest BCUT2D eigenvalue weighted by atomic mass is 10.3. The molecule has 0 radical (unpaired) electrons. The number of benzene rings is 1. The van der Waals surface area contributed by atoms with Crippen molar-refractivity contribution in [2.75, 3.05) is 6.61 Å². The molecule has 9 heteroatoms. The summed E-state index contributed by atoms with van der Waals surface area (Å²) in [7, 11) is 0. The highest BCUT2D eigenvalue weighted by Crippen LogP contribution is 2.32. The van der Waals surface area contributed by atoms with Crippen molar-refractivity contribution in [1.29, 1.82) is 0 Å². The molecule has 1 aromatic rings. The zero-order valence-corrected chi connectivity index (χ0v) is 11.3. The minimum atomic E-state index is -0.664. The van der Waals surface area contributed by atoms with Gasteiger partial charge in [-0.1, -0.05) is 5.16 Å². The normalized spacial score (nSPS) is 11.4. The third kappa shape index (κ3) is 4.36. The van der Waals surface area contributed by atoms with E-state index in [4.69, 9.17) is 15.7 Å². The van der Waals surface area contributed by atoms with Crippen LogP contribution in [0.3, 0.4) is 0 Å². The Balaban J connectivity index is 2.72. The summed E-state index contributed by atoms with van der Waals surface area (Å²) in [4.78, 5) is 10.1. The minimum Gasteiger partial charge on any atom is -0.487 e. The Morgan fingerprint density at radius 1 is 1.63 bits per heavy atom. The molecule has 1 aromatic carbocycles. The molecule has 0 saturated heterocycles. The lowest BCUT2D eigenvalue weighted by Gasteiger charge is -2.07. The lowest BCUT2D eigenvalue weighted by Crippen LogP contribution is -2.13. The van der Waals surface area contributed by atoms with Crippen molar-refractivity contribution < 1.29 is 19.3 Å². The number of nitrogens with two attached hydrogens (primary N) is 1. The summed E-state index contributed by atoms with van der Waals surface area (Å²) in [6.07, 6.45) is 0.647. The third-order valence-corrected chi connectivity index (χ3v) is 2.77. The van der Waals surface area contributed by atoms with Gasteiger partial charge in [0.15, 0.2) is 5.75 Å². The SMILES string of the molecule is N/C(CCCOc1cc(F)c(Br)cc1[N+](=O)[O-])=N/O. The van der Waals surface area contributed by atoms with Gasteiger partial charge in [0.25, 0.3) is 0 Å². The van der Waals surface area contributed by atoms with Crippen molar-refractivity contribution in [3.8, 4) is 5.75 Å². The third-order valence-electron chi connectivity index (χ3n) is 2.16. The first-order valence-corrected chi connectivity index (χ1v) is 5.97. The van der Waals surface area contributed by atoms with Gasteiger partial charge in [-0.05, 0) is 22.4 Å². The van der Waals surface area contributed by atoms with Gasteiger partial charge in [-0.25, -0.2) is 4.39 Å². The molecule has 0 aliphatic heterocycles. The first-order valence-electron chi connectivity index (χ1n) is 5.18. The van der Waals surface area contributed by atoms with Gasteiger partial charge in [-0.3, -0.25) is 10.1 Å². The van der Waals surface area contributed by atoms with E-state index in [0.29, 0.717) is 6.42 Å². The average Bonchev–Trinajstić information content (AvgIpc) is 2.37. The van der Waals surface area contributed by atoms with Crippen LogP contribution in [-0.4, -0.2) is 22.6 Å². The largest absolute Gasteiger partial charge is 0.487 e. The molecule has 19 heavy (non-hydrogen) atoms. The first kappa shape index (κ1) is 15.2. The Morgan fingerprint density at radius 3 is 2.89 bits per heavy atom. The molecule has 3 N–H and O–H groups in total. The number of nitro groups is 1. The fourth-order valence-electron chi connectivity index (χ4n) is 1.26. The van der Waals surface area contributed by atoms with E-state index in [1.807, 2.05) is 0 Å². The van der Waals surface area contributed by atoms with Crippen LogP contribution in [0.4, 0.5) is 10.1 Å². The van der Waals surface area contributed by atoms with E-state index >= 15 is 0 Å². The van der Waals surface area contributed by atoms with E-state index < -0.39 is 10.7 Å². The van der Waals surface area contributed by atoms with E-state index in [9.17, 15) is 14.5 Å². The average molecular weight is 336 g/mol. The number of hydrogen-bond acceptors (Lipinski definition) is 5. The summed E-state index contributed by atoms with van der Waals surface area (Å²) in [5, 5.41) is 21.9. The molecule has 0 atom stereocenters. The lowest BCUT2D eigenvalue weighted by molar-refractivity contribution is -0.386. The second-order valence-electron chi connectivity index (χ2n) is 3.53. The maximum Gasteiger partial charge on any atom is 0.312 e. The highest BCUT2D eigenvalue weighted by atomic mass is 79.9. The number of rotatable bonds is 6. The second kappa shape index (κ2) is 6.88. The van der Waals surface area contributed by atoms with E-state index in [1.165, 1.54) is 0 Å². The van der Waals surface area contributed by atoms with Gasteiger partial charge < -0.3 is 15.7 Å². The number of hydrogen-bond donors (Lipinski definition) is 2. The molecule has 0 aromatic heterocycles. The quantitative estimate of drug-likeness (QED) is 0.207. The van der Waals surface area contributed by atoms with Gasteiger partial charge in [-0.2, -0.15) is 0 Å². The highest BCUT2D eigenvalue weighted by Gasteiger charge is 2.18. The van der Waals surface area contributed by atoms with Crippen LogP contribution in [-0.2, 0) is 0 Å². The summed E-state index contributed by atoms with van der Waals surface area (Å²) in [5.41, 5.74) is 4.91. The van der Waals surface area contributed by atoms with Crippen molar-refractivity contribution >= 4 is 27.5 Å². The van der Waals surface area contributed by atoms with Crippen molar-refractivity contribution in [1.82, 2.24) is 0 Å². The molecule has 0 aliphatic rings. The summed E-state index contributed by atoms with van der Waals surface area (Å²) in [6.45, 7) is 0.0815. The molecule has 104 valence electrons. The number of nitro benzene ring substituents is 1. The Hall–Kier alpha value is -1.90. The number of ether oxygens (including phenoxy) is 1. The number of nitrogens with zero attached hydrogens (tertiary/aromatic N) is 2. The predicted molar refractivity (Wildman–Crippen MR) is 68.9 cm³/mol. The van der Waals surface area contributed by atoms with Crippen LogP contribution in [0.15, 0.2) is 21.8 Å². The standard InChI is InChI=1S/C10H11BrFN3O4/c11-6-4-8(15(17)18)9(5-7(6)12)19-3-1-2-10(13)14-16/h4-5,16H,1-3H2,(H2,13,14). The Morgan fingerprint density at radius 2 is 2.32 bits per heavy atom. The molecule has 0 spiro atoms. The van der Waals surface area contributed by atoms with Crippen LogP contribution in [0, 0.1) is 15.9 Å². The van der Waals surface area contributed by atoms with Crippen LogP contribution in [0.5, 0.6) is 5.75 Å². The maximum atomic E-state index is 13.3. The van der Waals surface area contributed by atoms with E-state index in [-0.39, 0.29) is 34.8 Å². The Kier molecular flexibility index (Phi) is 5.49. The number of halogens is 2. The molecular formula is C10H11BrFN3O4. The minimum absolute atomic E-state index is 0.0109. The molecule has 0 heterocycles. The fraction of sp³-hybridized carbons (Fsp3) is 0.300. The van der Waals surface area contributed by atoms with Gasteiger partial charge in [-0.15, -0.1) is 0 Å². The van der Waals surface area contributed by atoms with Gasteiger partial charge in [0.2, 0.25) is 0 Å². The predicted octanol–water partition coefficient (Wildman–Crippen LogP) is 2.40. The highest BCUT2D eigenvalue weighted by molar-refractivity contribution is 9.10.